The third kappa shape index (κ3) is 3.14. The van der Waals surface area contributed by atoms with Crippen molar-refractivity contribution in [3.05, 3.63) is 57.7 Å². The van der Waals surface area contributed by atoms with Crippen LogP contribution in [0.25, 0.3) is 0 Å². The van der Waals surface area contributed by atoms with Gasteiger partial charge in [0.05, 0.1) is 23.2 Å². The molecule has 0 saturated carbocycles. The lowest BCUT2D eigenvalue weighted by Crippen LogP contribution is -2.04. The predicted molar refractivity (Wildman–Crippen MR) is 67.1 cm³/mol. The first kappa shape index (κ1) is 13.2. The van der Waals surface area contributed by atoms with Crippen LogP contribution >= 0.6 is 0 Å². The Hall–Kier alpha value is -2.28. The molecule has 2 N–H and O–H groups in total. The predicted octanol–water partition coefficient (Wildman–Crippen LogP) is 1.48. The Morgan fingerprint density at radius 3 is 2.95 bits per heavy atom. The summed E-state index contributed by atoms with van der Waals surface area (Å²) in [5, 5.41) is 14.9. The van der Waals surface area contributed by atoms with E-state index in [0.29, 0.717) is 13.0 Å². The van der Waals surface area contributed by atoms with Crippen molar-refractivity contribution in [2.24, 2.45) is 5.73 Å². The van der Waals surface area contributed by atoms with E-state index in [1.165, 1.54) is 4.68 Å². The number of aromatic nitrogens is 2. The summed E-state index contributed by atoms with van der Waals surface area (Å²) < 4.78 is 14.7. The number of benzene rings is 1. The molecule has 0 radical (unpaired) electrons. The molecule has 2 rings (SSSR count). The summed E-state index contributed by atoms with van der Waals surface area (Å²) in [7, 11) is 0. The van der Waals surface area contributed by atoms with Gasteiger partial charge in [0.1, 0.15) is 5.82 Å². The quantitative estimate of drug-likeness (QED) is 0.654. The van der Waals surface area contributed by atoms with Crippen molar-refractivity contribution >= 4 is 5.69 Å². The van der Waals surface area contributed by atoms with Gasteiger partial charge >= 0.3 is 0 Å². The summed E-state index contributed by atoms with van der Waals surface area (Å²) in [5.41, 5.74) is 6.55. The normalized spacial score (nSPS) is 10.6. The van der Waals surface area contributed by atoms with Gasteiger partial charge in [0.15, 0.2) is 0 Å². The van der Waals surface area contributed by atoms with E-state index in [4.69, 9.17) is 5.73 Å². The molecule has 6 nitrogen and oxygen atoms in total. The van der Waals surface area contributed by atoms with Crippen molar-refractivity contribution in [1.82, 2.24) is 9.78 Å². The zero-order valence-corrected chi connectivity index (χ0v) is 10.1. The highest BCUT2D eigenvalue weighted by Gasteiger charge is 2.15. The fourth-order valence-corrected chi connectivity index (χ4v) is 1.82. The molecule has 0 unspecified atom stereocenters. The van der Waals surface area contributed by atoms with Crippen LogP contribution in [0.1, 0.15) is 11.1 Å². The van der Waals surface area contributed by atoms with Gasteiger partial charge in [-0.25, -0.2) is 4.39 Å². The molecule has 0 aliphatic rings. The maximum absolute atomic E-state index is 13.2. The Balaban J connectivity index is 2.26. The molecule has 0 spiro atoms. The minimum Gasteiger partial charge on any atom is -0.330 e. The minimum atomic E-state index is -0.529. The van der Waals surface area contributed by atoms with Gasteiger partial charge in [0.25, 0.3) is 5.69 Å². The van der Waals surface area contributed by atoms with E-state index >= 15 is 0 Å². The number of rotatable bonds is 5. The van der Waals surface area contributed by atoms with Crippen LogP contribution in [0, 0.1) is 15.9 Å². The number of hydrogen-bond acceptors (Lipinski definition) is 4. The average Bonchev–Trinajstić information content (AvgIpc) is 2.77. The van der Waals surface area contributed by atoms with Crippen molar-refractivity contribution in [3.63, 3.8) is 0 Å². The molecule has 19 heavy (non-hydrogen) atoms. The van der Waals surface area contributed by atoms with Gasteiger partial charge in [0, 0.05) is 12.3 Å². The molecule has 0 fully saturated rings. The zero-order chi connectivity index (χ0) is 13.8. The second-order valence-corrected chi connectivity index (χ2v) is 4.11. The molecule has 1 aromatic carbocycles. The van der Waals surface area contributed by atoms with E-state index in [2.05, 4.69) is 5.10 Å². The molecule has 0 aliphatic carbocycles. The second-order valence-electron chi connectivity index (χ2n) is 4.11. The van der Waals surface area contributed by atoms with Crippen molar-refractivity contribution in [3.8, 4) is 0 Å². The van der Waals surface area contributed by atoms with Gasteiger partial charge in [-0.1, -0.05) is 0 Å². The molecule has 0 amide bonds. The summed E-state index contributed by atoms with van der Waals surface area (Å²) >= 11 is 0. The van der Waals surface area contributed by atoms with Gasteiger partial charge in [-0.05, 0) is 30.7 Å². The average molecular weight is 264 g/mol. The topological polar surface area (TPSA) is 87.0 Å². The van der Waals surface area contributed by atoms with E-state index in [9.17, 15) is 14.5 Å². The Morgan fingerprint density at radius 2 is 2.26 bits per heavy atom. The SMILES string of the molecule is NCCc1cnn(Cc2cc(F)ccc2[N+](=O)[O-])c1. The van der Waals surface area contributed by atoms with Gasteiger partial charge in [0.2, 0.25) is 0 Å². The Kier molecular flexibility index (Phi) is 3.86. The van der Waals surface area contributed by atoms with Crippen LogP contribution in [0.15, 0.2) is 30.6 Å². The van der Waals surface area contributed by atoms with Crippen molar-refractivity contribution in [2.45, 2.75) is 13.0 Å². The molecule has 0 atom stereocenters. The standard InChI is InChI=1S/C12H13FN4O2/c13-11-1-2-12(17(18)19)10(5-11)8-16-7-9(3-4-14)6-15-16/h1-2,5-7H,3-4,8,14H2. The number of nitro groups is 1. The van der Waals surface area contributed by atoms with E-state index < -0.39 is 10.7 Å². The summed E-state index contributed by atoms with van der Waals surface area (Å²) in [5.74, 6) is -0.505. The third-order valence-electron chi connectivity index (χ3n) is 2.69. The molecule has 7 heteroatoms. The first-order valence-corrected chi connectivity index (χ1v) is 5.74. The van der Waals surface area contributed by atoms with Crippen LogP contribution in [0.4, 0.5) is 10.1 Å². The first-order chi connectivity index (χ1) is 9.10. The van der Waals surface area contributed by atoms with E-state index in [0.717, 1.165) is 23.8 Å². The number of halogens is 1. The molecule has 2 aromatic rings. The van der Waals surface area contributed by atoms with Gasteiger partial charge < -0.3 is 5.73 Å². The fourth-order valence-electron chi connectivity index (χ4n) is 1.82. The van der Waals surface area contributed by atoms with Crippen LogP contribution in [0.2, 0.25) is 0 Å². The summed E-state index contributed by atoms with van der Waals surface area (Å²) in [6, 6.07) is 3.39. The molecule has 0 saturated heterocycles. The highest BCUT2D eigenvalue weighted by Crippen LogP contribution is 2.20. The molecule has 1 heterocycles. The molecule has 0 bridgehead atoms. The lowest BCUT2D eigenvalue weighted by molar-refractivity contribution is -0.385. The number of nitrogens with two attached hydrogens (primary N) is 1. The van der Waals surface area contributed by atoms with E-state index in [1.807, 2.05) is 0 Å². The number of nitrogens with zero attached hydrogens (tertiary/aromatic N) is 3. The smallest absolute Gasteiger partial charge is 0.274 e. The van der Waals surface area contributed by atoms with E-state index in [1.54, 1.807) is 12.4 Å². The fraction of sp³-hybridized carbons (Fsp3) is 0.250. The van der Waals surface area contributed by atoms with Gasteiger partial charge in [-0.2, -0.15) is 5.10 Å². The van der Waals surface area contributed by atoms with Crippen LogP contribution in [-0.2, 0) is 13.0 Å². The highest BCUT2D eigenvalue weighted by molar-refractivity contribution is 5.40. The largest absolute Gasteiger partial charge is 0.330 e. The van der Waals surface area contributed by atoms with Gasteiger partial charge in [-0.15, -0.1) is 0 Å². The molecule has 0 aliphatic heterocycles. The van der Waals surface area contributed by atoms with E-state index in [-0.39, 0.29) is 17.8 Å². The monoisotopic (exact) mass is 264 g/mol. The lowest BCUT2D eigenvalue weighted by atomic mass is 10.1. The van der Waals surface area contributed by atoms with Crippen molar-refractivity contribution in [1.29, 1.82) is 0 Å². The Labute approximate surface area is 108 Å². The van der Waals surface area contributed by atoms with Crippen LogP contribution in [0.3, 0.4) is 0 Å². The Morgan fingerprint density at radius 1 is 1.47 bits per heavy atom. The maximum atomic E-state index is 13.2. The third-order valence-corrected chi connectivity index (χ3v) is 2.69. The second kappa shape index (κ2) is 5.57. The minimum absolute atomic E-state index is 0.114. The lowest BCUT2D eigenvalue weighted by Gasteiger charge is -2.03. The summed E-state index contributed by atoms with van der Waals surface area (Å²) in [6.07, 6.45) is 4.09. The molecular formula is C12H13FN4O2. The molecular weight excluding hydrogens is 251 g/mol. The molecule has 1 aromatic heterocycles. The Bertz CT molecular complexity index is 597. The number of hydrogen-bond donors (Lipinski definition) is 1. The zero-order valence-electron chi connectivity index (χ0n) is 10.1. The maximum Gasteiger partial charge on any atom is 0.274 e. The highest BCUT2D eigenvalue weighted by atomic mass is 19.1. The van der Waals surface area contributed by atoms with Crippen LogP contribution < -0.4 is 5.73 Å². The summed E-state index contributed by atoms with van der Waals surface area (Å²) in [6.45, 7) is 0.657. The van der Waals surface area contributed by atoms with Gasteiger partial charge in [-0.3, -0.25) is 14.8 Å². The number of nitro benzene ring substituents is 1. The molecule has 100 valence electrons. The van der Waals surface area contributed by atoms with Crippen LogP contribution in [-0.4, -0.2) is 21.2 Å². The van der Waals surface area contributed by atoms with Crippen LogP contribution in [0.5, 0.6) is 0 Å². The van der Waals surface area contributed by atoms with Crippen molar-refractivity contribution < 1.29 is 9.31 Å². The van der Waals surface area contributed by atoms with Crippen molar-refractivity contribution in [2.75, 3.05) is 6.54 Å². The summed E-state index contributed by atoms with van der Waals surface area (Å²) in [4.78, 5) is 10.3. The first-order valence-electron chi connectivity index (χ1n) is 5.74.